The van der Waals surface area contributed by atoms with Crippen molar-refractivity contribution < 1.29 is 5.48 Å². The summed E-state index contributed by atoms with van der Waals surface area (Å²) < 4.78 is 0. The molecule has 40 valence electrons. The number of hydrogen-bond acceptors (Lipinski definition) is 2. The number of H-pyrrole nitrogens is 1. The van der Waals surface area contributed by atoms with E-state index in [1.807, 2.05) is 0 Å². The molecule has 0 aromatic carbocycles. The largest absolute Gasteiger partial charge is 0.412 e. The minimum atomic E-state index is 0. The molecule has 0 amide bonds. The molecular formula is C3H7N3O. The highest BCUT2D eigenvalue weighted by molar-refractivity contribution is 5.11. The summed E-state index contributed by atoms with van der Waals surface area (Å²) in [7, 11) is 0. The van der Waals surface area contributed by atoms with Gasteiger partial charge in [-0.05, 0) is 0 Å². The molecule has 4 heteroatoms. The van der Waals surface area contributed by atoms with Gasteiger partial charge in [-0.2, -0.15) is 0 Å². The van der Waals surface area contributed by atoms with Crippen LogP contribution in [0.1, 0.15) is 0 Å². The van der Waals surface area contributed by atoms with Crippen molar-refractivity contribution in [3.8, 4) is 0 Å². The van der Waals surface area contributed by atoms with E-state index in [9.17, 15) is 0 Å². The number of hydrogen-bond donors (Lipinski definition) is 2. The zero-order chi connectivity index (χ0) is 4.41. The van der Waals surface area contributed by atoms with E-state index in [-0.39, 0.29) is 5.48 Å². The van der Waals surface area contributed by atoms with E-state index in [0.717, 1.165) is 0 Å². The summed E-state index contributed by atoms with van der Waals surface area (Å²) in [6.07, 6.45) is 3.28. The molecule has 0 saturated carbocycles. The van der Waals surface area contributed by atoms with Crippen molar-refractivity contribution in [3.05, 3.63) is 12.4 Å². The predicted molar refractivity (Wildman–Crippen MR) is 26.6 cm³/mol. The van der Waals surface area contributed by atoms with E-state index in [1.165, 1.54) is 0 Å². The molecule has 0 aliphatic carbocycles. The number of nitrogens with one attached hydrogen (secondary N) is 1. The molecular weight excluding hydrogens is 94.1 g/mol. The smallest absolute Gasteiger partial charge is 0.197 e. The Hall–Kier alpha value is -1.03. The molecule has 5 N–H and O–H groups in total. The van der Waals surface area contributed by atoms with Gasteiger partial charge in [0.2, 0.25) is 0 Å². The lowest BCUT2D eigenvalue weighted by Gasteiger charge is -1.70. The van der Waals surface area contributed by atoms with E-state index >= 15 is 0 Å². The monoisotopic (exact) mass is 101 g/mol. The Morgan fingerprint density at radius 2 is 2.43 bits per heavy atom. The summed E-state index contributed by atoms with van der Waals surface area (Å²) in [5.41, 5.74) is 5.11. The third-order valence-corrected chi connectivity index (χ3v) is 0.519. The van der Waals surface area contributed by atoms with Gasteiger partial charge in [0.1, 0.15) is 0 Å². The Bertz CT molecular complexity index is 114. The van der Waals surface area contributed by atoms with Gasteiger partial charge in [-0.1, -0.05) is 0 Å². The lowest BCUT2D eigenvalue weighted by atomic mass is 11.0. The molecule has 4 nitrogen and oxygen atoms in total. The van der Waals surface area contributed by atoms with Gasteiger partial charge in [-0.25, -0.2) is 4.98 Å². The second kappa shape index (κ2) is 2.20. The maximum atomic E-state index is 5.11. The van der Waals surface area contributed by atoms with Crippen LogP contribution in [0.15, 0.2) is 12.4 Å². The molecule has 1 aromatic heterocycles. The summed E-state index contributed by atoms with van der Waals surface area (Å²) in [6, 6.07) is 0. The zero-order valence-corrected chi connectivity index (χ0v) is 3.68. The lowest BCUT2D eigenvalue weighted by molar-refractivity contribution is 0.824. The minimum absolute atomic E-state index is 0. The Labute approximate surface area is 40.7 Å². The van der Waals surface area contributed by atoms with Gasteiger partial charge >= 0.3 is 0 Å². The third-order valence-electron chi connectivity index (χ3n) is 0.519. The molecule has 0 bridgehead atoms. The first kappa shape index (κ1) is 5.97. The van der Waals surface area contributed by atoms with Gasteiger partial charge in [-0.15, -0.1) is 0 Å². The van der Waals surface area contributed by atoms with E-state index in [2.05, 4.69) is 9.97 Å². The van der Waals surface area contributed by atoms with Crippen LogP contribution in [0.2, 0.25) is 0 Å². The normalized spacial score (nSPS) is 7.43. The summed E-state index contributed by atoms with van der Waals surface area (Å²) in [5, 5.41) is 0. The van der Waals surface area contributed by atoms with Crippen molar-refractivity contribution in [2.45, 2.75) is 0 Å². The Morgan fingerprint density at radius 3 is 2.57 bits per heavy atom. The van der Waals surface area contributed by atoms with E-state index in [4.69, 9.17) is 5.73 Å². The number of aromatic nitrogens is 2. The van der Waals surface area contributed by atoms with Crippen LogP contribution < -0.4 is 5.73 Å². The number of imidazole rings is 1. The molecule has 0 radical (unpaired) electrons. The molecule has 7 heavy (non-hydrogen) atoms. The summed E-state index contributed by atoms with van der Waals surface area (Å²) in [6.45, 7) is 0. The van der Waals surface area contributed by atoms with E-state index in [0.29, 0.717) is 5.95 Å². The third kappa shape index (κ3) is 1.23. The second-order valence-electron chi connectivity index (χ2n) is 0.974. The first-order valence-corrected chi connectivity index (χ1v) is 1.64. The molecule has 0 fully saturated rings. The van der Waals surface area contributed by atoms with Crippen LogP contribution in [0, 0.1) is 0 Å². The second-order valence-corrected chi connectivity index (χ2v) is 0.974. The molecule has 0 aliphatic rings. The maximum absolute atomic E-state index is 5.11. The Morgan fingerprint density at radius 1 is 1.71 bits per heavy atom. The fourth-order valence-corrected chi connectivity index (χ4v) is 0.277. The van der Waals surface area contributed by atoms with Crippen LogP contribution >= 0.6 is 0 Å². The highest BCUT2D eigenvalue weighted by Gasteiger charge is 1.74. The lowest BCUT2D eigenvalue weighted by Crippen LogP contribution is -1.83. The van der Waals surface area contributed by atoms with Gasteiger partial charge in [0.05, 0.1) is 0 Å². The molecule has 0 aliphatic heterocycles. The minimum Gasteiger partial charge on any atom is -0.412 e. The van der Waals surface area contributed by atoms with Crippen molar-refractivity contribution in [2.24, 2.45) is 0 Å². The van der Waals surface area contributed by atoms with Crippen molar-refractivity contribution in [2.75, 3.05) is 5.73 Å². The Balaban J connectivity index is 0.000000360. The van der Waals surface area contributed by atoms with Crippen LogP contribution in [0.25, 0.3) is 0 Å². The number of nitrogen functional groups attached to an aromatic ring is 1. The quantitative estimate of drug-likeness (QED) is 0.446. The van der Waals surface area contributed by atoms with Crippen LogP contribution in [0.4, 0.5) is 5.95 Å². The van der Waals surface area contributed by atoms with Crippen LogP contribution in [-0.2, 0) is 0 Å². The zero-order valence-electron chi connectivity index (χ0n) is 3.68. The van der Waals surface area contributed by atoms with Crippen molar-refractivity contribution in [1.82, 2.24) is 9.97 Å². The summed E-state index contributed by atoms with van der Waals surface area (Å²) in [5.74, 6) is 0.468. The fraction of sp³-hybridized carbons (Fsp3) is 0. The number of anilines is 1. The topological polar surface area (TPSA) is 86.2 Å². The van der Waals surface area contributed by atoms with Crippen molar-refractivity contribution in [1.29, 1.82) is 0 Å². The van der Waals surface area contributed by atoms with E-state index < -0.39 is 0 Å². The number of nitrogens with zero attached hydrogens (tertiary/aromatic N) is 1. The van der Waals surface area contributed by atoms with Gasteiger partial charge in [0.15, 0.2) is 5.95 Å². The maximum Gasteiger partial charge on any atom is 0.197 e. The average Bonchev–Trinajstić information content (AvgIpc) is 1.86. The molecule has 0 saturated heterocycles. The van der Waals surface area contributed by atoms with Crippen LogP contribution in [-0.4, -0.2) is 15.4 Å². The van der Waals surface area contributed by atoms with Gasteiger partial charge in [0.25, 0.3) is 0 Å². The molecule has 0 atom stereocenters. The molecule has 0 spiro atoms. The van der Waals surface area contributed by atoms with Crippen LogP contribution in [0.3, 0.4) is 0 Å². The molecule has 1 heterocycles. The average molecular weight is 101 g/mol. The van der Waals surface area contributed by atoms with Crippen molar-refractivity contribution >= 4 is 5.95 Å². The van der Waals surface area contributed by atoms with Gasteiger partial charge in [0, 0.05) is 12.4 Å². The van der Waals surface area contributed by atoms with Crippen LogP contribution in [0.5, 0.6) is 0 Å². The first-order chi connectivity index (χ1) is 2.89. The standard InChI is InChI=1S/C3H5N3.H2O/c4-3-5-1-2-6-3;/h1-2H,(H3,4,5,6);1H2. The van der Waals surface area contributed by atoms with Gasteiger partial charge < -0.3 is 16.2 Å². The summed E-state index contributed by atoms with van der Waals surface area (Å²) >= 11 is 0. The fourth-order valence-electron chi connectivity index (χ4n) is 0.277. The predicted octanol–water partition coefficient (Wildman–Crippen LogP) is -0.833. The molecule has 0 unspecified atom stereocenters. The number of rotatable bonds is 0. The van der Waals surface area contributed by atoms with E-state index in [1.54, 1.807) is 12.4 Å². The number of nitrogens with two attached hydrogens (primary N) is 1. The van der Waals surface area contributed by atoms with Gasteiger partial charge in [-0.3, -0.25) is 0 Å². The highest BCUT2D eigenvalue weighted by Crippen LogP contribution is 1.81. The first-order valence-electron chi connectivity index (χ1n) is 1.64. The highest BCUT2D eigenvalue weighted by atomic mass is 16.0. The van der Waals surface area contributed by atoms with Crippen molar-refractivity contribution in [3.63, 3.8) is 0 Å². The number of aromatic amines is 1. The Kier molecular flexibility index (Phi) is 1.87. The molecule has 1 aromatic rings. The summed E-state index contributed by atoms with van der Waals surface area (Å²) in [4.78, 5) is 6.31. The molecule has 1 rings (SSSR count). The SMILES string of the molecule is Nc1ncc[nH]1.O.